The first kappa shape index (κ1) is 12.0. The molecule has 1 rings (SSSR count). The highest BCUT2D eigenvalue weighted by molar-refractivity contribution is 5.22. The number of rotatable bonds is 3. The van der Waals surface area contributed by atoms with Crippen LogP contribution in [0.4, 0.5) is 17.6 Å². The fraction of sp³-hybridized carbons (Fsp3) is 0.455. The van der Waals surface area contributed by atoms with Crippen molar-refractivity contribution in [2.75, 3.05) is 0 Å². The molecule has 1 atom stereocenters. The van der Waals surface area contributed by atoms with Gasteiger partial charge in [0.15, 0.2) is 6.17 Å². The number of halogens is 4. The van der Waals surface area contributed by atoms with Gasteiger partial charge in [0.1, 0.15) is 0 Å². The van der Waals surface area contributed by atoms with Gasteiger partial charge in [0, 0.05) is 0 Å². The average Bonchev–Trinajstić information content (AvgIpc) is 2.12. The molecular formula is C11H12F4. The SMILES string of the molecule is Cc1cccc(CCC(F)C(F)(F)F)c1. The first-order chi connectivity index (χ1) is 6.89. The maximum atomic E-state index is 12.6. The molecule has 15 heavy (non-hydrogen) atoms. The molecule has 1 aromatic rings. The van der Waals surface area contributed by atoms with Crippen molar-refractivity contribution in [1.29, 1.82) is 0 Å². The van der Waals surface area contributed by atoms with E-state index >= 15 is 0 Å². The van der Waals surface area contributed by atoms with Crippen molar-refractivity contribution in [3.05, 3.63) is 35.4 Å². The summed E-state index contributed by atoms with van der Waals surface area (Å²) >= 11 is 0. The van der Waals surface area contributed by atoms with Gasteiger partial charge in [-0.2, -0.15) is 13.2 Å². The van der Waals surface area contributed by atoms with Crippen LogP contribution >= 0.6 is 0 Å². The summed E-state index contributed by atoms with van der Waals surface area (Å²) in [6, 6.07) is 7.07. The first-order valence-corrected chi connectivity index (χ1v) is 4.66. The minimum atomic E-state index is -4.73. The van der Waals surface area contributed by atoms with Crippen molar-refractivity contribution >= 4 is 0 Å². The molecule has 0 aliphatic heterocycles. The van der Waals surface area contributed by atoms with Crippen LogP contribution in [0.2, 0.25) is 0 Å². The van der Waals surface area contributed by atoms with E-state index in [1.165, 1.54) is 0 Å². The van der Waals surface area contributed by atoms with Gasteiger partial charge in [-0.25, -0.2) is 4.39 Å². The molecule has 1 unspecified atom stereocenters. The fourth-order valence-electron chi connectivity index (χ4n) is 1.32. The summed E-state index contributed by atoms with van der Waals surface area (Å²) in [5.41, 5.74) is 1.71. The predicted molar refractivity (Wildman–Crippen MR) is 50.5 cm³/mol. The monoisotopic (exact) mass is 220 g/mol. The summed E-state index contributed by atoms with van der Waals surface area (Å²) < 4.78 is 48.1. The third-order valence-electron chi connectivity index (χ3n) is 2.12. The van der Waals surface area contributed by atoms with Gasteiger partial charge in [0.2, 0.25) is 0 Å². The van der Waals surface area contributed by atoms with Gasteiger partial charge >= 0.3 is 6.18 Å². The van der Waals surface area contributed by atoms with Crippen molar-refractivity contribution in [3.63, 3.8) is 0 Å². The molecule has 0 aliphatic carbocycles. The largest absolute Gasteiger partial charge is 0.419 e. The molecule has 0 aromatic heterocycles. The van der Waals surface area contributed by atoms with Gasteiger partial charge in [-0.3, -0.25) is 0 Å². The van der Waals surface area contributed by atoms with E-state index in [9.17, 15) is 17.6 Å². The summed E-state index contributed by atoms with van der Waals surface area (Å²) in [7, 11) is 0. The molecule has 0 amide bonds. The molecular weight excluding hydrogens is 208 g/mol. The molecule has 0 saturated carbocycles. The van der Waals surface area contributed by atoms with Crippen LogP contribution in [-0.2, 0) is 6.42 Å². The summed E-state index contributed by atoms with van der Waals surface area (Å²) in [5, 5.41) is 0. The van der Waals surface area contributed by atoms with Crippen LogP contribution in [-0.4, -0.2) is 12.3 Å². The van der Waals surface area contributed by atoms with Gasteiger partial charge in [-0.1, -0.05) is 29.8 Å². The maximum Gasteiger partial charge on any atom is 0.419 e. The minimum absolute atomic E-state index is 0.113. The predicted octanol–water partition coefficient (Wildman–Crippen LogP) is 3.83. The third-order valence-corrected chi connectivity index (χ3v) is 2.12. The Morgan fingerprint density at radius 1 is 1.27 bits per heavy atom. The zero-order valence-electron chi connectivity index (χ0n) is 8.31. The second-order valence-corrected chi connectivity index (χ2v) is 3.54. The van der Waals surface area contributed by atoms with Gasteiger partial charge in [0.25, 0.3) is 0 Å². The molecule has 84 valence electrons. The number of hydrogen-bond acceptors (Lipinski definition) is 0. The van der Waals surface area contributed by atoms with Gasteiger partial charge < -0.3 is 0 Å². The van der Waals surface area contributed by atoms with E-state index in [4.69, 9.17) is 0 Å². The zero-order chi connectivity index (χ0) is 11.5. The molecule has 0 N–H and O–H groups in total. The lowest BCUT2D eigenvalue weighted by atomic mass is 10.1. The number of hydrogen-bond donors (Lipinski definition) is 0. The van der Waals surface area contributed by atoms with Crippen LogP contribution in [0, 0.1) is 6.92 Å². The molecule has 0 aliphatic rings. The Morgan fingerprint density at radius 3 is 2.47 bits per heavy atom. The van der Waals surface area contributed by atoms with E-state index in [0.29, 0.717) is 0 Å². The highest BCUT2D eigenvalue weighted by atomic mass is 19.4. The molecule has 0 spiro atoms. The standard InChI is InChI=1S/C11H12F4/c1-8-3-2-4-9(7-8)5-6-10(12)11(13,14)15/h2-4,7,10H,5-6H2,1H3. The maximum absolute atomic E-state index is 12.6. The second kappa shape index (κ2) is 4.64. The topological polar surface area (TPSA) is 0 Å². The quantitative estimate of drug-likeness (QED) is 0.679. The Morgan fingerprint density at radius 2 is 1.93 bits per heavy atom. The lowest BCUT2D eigenvalue weighted by molar-refractivity contribution is -0.181. The fourth-order valence-corrected chi connectivity index (χ4v) is 1.32. The van der Waals surface area contributed by atoms with Crippen LogP contribution in [0.15, 0.2) is 24.3 Å². The molecule has 0 radical (unpaired) electrons. The van der Waals surface area contributed by atoms with Crippen molar-refractivity contribution < 1.29 is 17.6 Å². The highest BCUT2D eigenvalue weighted by Crippen LogP contribution is 2.26. The van der Waals surface area contributed by atoms with Crippen LogP contribution in [0.25, 0.3) is 0 Å². The minimum Gasteiger partial charge on any atom is -0.237 e. The lowest BCUT2D eigenvalue weighted by Crippen LogP contribution is -2.24. The van der Waals surface area contributed by atoms with Crippen molar-refractivity contribution in [3.8, 4) is 0 Å². The van der Waals surface area contributed by atoms with Crippen LogP contribution in [0.5, 0.6) is 0 Å². The summed E-state index contributed by atoms with van der Waals surface area (Å²) in [4.78, 5) is 0. The molecule has 0 nitrogen and oxygen atoms in total. The average molecular weight is 220 g/mol. The smallest absolute Gasteiger partial charge is 0.237 e. The Bertz CT molecular complexity index is 317. The van der Waals surface area contributed by atoms with Gasteiger partial charge in [0.05, 0.1) is 0 Å². The van der Waals surface area contributed by atoms with Crippen molar-refractivity contribution in [2.24, 2.45) is 0 Å². The Labute approximate surface area is 85.9 Å². The van der Waals surface area contributed by atoms with E-state index in [2.05, 4.69) is 0 Å². The van der Waals surface area contributed by atoms with Gasteiger partial charge in [-0.15, -0.1) is 0 Å². The molecule has 0 heterocycles. The highest BCUT2D eigenvalue weighted by Gasteiger charge is 2.39. The molecule has 0 fully saturated rings. The Kier molecular flexibility index (Phi) is 3.72. The normalized spacial score (nSPS) is 13.9. The molecule has 0 saturated heterocycles. The van der Waals surface area contributed by atoms with E-state index in [0.717, 1.165) is 11.1 Å². The summed E-state index contributed by atoms with van der Waals surface area (Å²) in [5.74, 6) is 0. The molecule has 4 heteroatoms. The molecule has 0 bridgehead atoms. The Hall–Kier alpha value is -1.06. The van der Waals surface area contributed by atoms with Crippen molar-refractivity contribution in [1.82, 2.24) is 0 Å². The summed E-state index contributed by atoms with van der Waals surface area (Å²) in [6.07, 6.45) is -7.85. The first-order valence-electron chi connectivity index (χ1n) is 4.66. The molecule has 1 aromatic carbocycles. The van der Waals surface area contributed by atoms with Gasteiger partial charge in [-0.05, 0) is 25.3 Å². The van der Waals surface area contributed by atoms with E-state index in [1.54, 1.807) is 18.2 Å². The van der Waals surface area contributed by atoms with E-state index < -0.39 is 18.8 Å². The second-order valence-electron chi connectivity index (χ2n) is 3.54. The zero-order valence-corrected chi connectivity index (χ0v) is 8.31. The number of aryl methyl sites for hydroxylation is 2. The number of benzene rings is 1. The van der Waals surface area contributed by atoms with Crippen molar-refractivity contribution in [2.45, 2.75) is 32.1 Å². The van der Waals surface area contributed by atoms with E-state index in [1.807, 2.05) is 13.0 Å². The van der Waals surface area contributed by atoms with Crippen LogP contribution in [0.3, 0.4) is 0 Å². The van der Waals surface area contributed by atoms with Crippen LogP contribution in [0.1, 0.15) is 17.5 Å². The van der Waals surface area contributed by atoms with E-state index in [-0.39, 0.29) is 6.42 Å². The number of alkyl halides is 4. The third kappa shape index (κ3) is 3.90. The Balaban J connectivity index is 2.51. The lowest BCUT2D eigenvalue weighted by Gasteiger charge is -2.11. The summed E-state index contributed by atoms with van der Waals surface area (Å²) in [6.45, 7) is 1.85. The van der Waals surface area contributed by atoms with Crippen LogP contribution < -0.4 is 0 Å².